The van der Waals surface area contributed by atoms with Crippen LogP contribution in [0.25, 0.3) is 91.6 Å². The summed E-state index contributed by atoms with van der Waals surface area (Å²) in [5, 5.41) is 8.14. The minimum Gasteiger partial charge on any atom is -0.308 e. The average molecular weight is 930 g/mol. The van der Waals surface area contributed by atoms with E-state index in [-0.39, 0.29) is 5.41 Å². The number of para-hydroxylation sites is 3. The SMILES string of the molecule is C/C=C\C.CC.CC.Cc1ccc(-c2ccc3c(c2)-c2ccccc2C3(C)C)cc1.Cc1ccc(-c2ccc3sc4ccccc4c3c2)cc1.Cc1cccc2c3cccc4c5ccccc5n(c12)c43. The maximum atomic E-state index is 2.44. The predicted molar refractivity (Wildman–Crippen MR) is 313 cm³/mol. The van der Waals surface area contributed by atoms with E-state index in [0.29, 0.717) is 0 Å². The molecule has 0 spiro atoms. The summed E-state index contributed by atoms with van der Waals surface area (Å²) in [5.41, 5.74) is 18.9. The van der Waals surface area contributed by atoms with Crippen LogP contribution in [-0.4, -0.2) is 4.40 Å². The smallest absolute Gasteiger partial charge is 0.0620 e. The Labute approximate surface area is 420 Å². The molecule has 0 bridgehead atoms. The van der Waals surface area contributed by atoms with Crippen LogP contribution < -0.4 is 0 Å². The van der Waals surface area contributed by atoms with Gasteiger partial charge in [0.2, 0.25) is 0 Å². The third kappa shape index (κ3) is 9.29. The summed E-state index contributed by atoms with van der Waals surface area (Å²) >= 11 is 1.87. The largest absolute Gasteiger partial charge is 0.308 e. The van der Waals surface area contributed by atoms with Crippen LogP contribution in [-0.2, 0) is 5.41 Å². The molecule has 70 heavy (non-hydrogen) atoms. The van der Waals surface area contributed by atoms with Gasteiger partial charge in [-0.3, -0.25) is 0 Å². The Morgan fingerprint density at radius 1 is 0.386 bits per heavy atom. The topological polar surface area (TPSA) is 4.41 Å². The van der Waals surface area contributed by atoms with Gasteiger partial charge < -0.3 is 4.40 Å². The van der Waals surface area contributed by atoms with Crippen LogP contribution in [0.3, 0.4) is 0 Å². The molecule has 0 radical (unpaired) electrons. The average Bonchev–Trinajstić information content (AvgIpc) is 4.13. The molecule has 1 aliphatic rings. The highest BCUT2D eigenvalue weighted by molar-refractivity contribution is 7.25. The zero-order valence-electron chi connectivity index (χ0n) is 43.0. The number of allylic oxidation sites excluding steroid dienone is 2. The minimum absolute atomic E-state index is 0.0950. The van der Waals surface area contributed by atoms with Crippen molar-refractivity contribution in [3.63, 3.8) is 0 Å². The molecule has 0 aliphatic heterocycles. The van der Waals surface area contributed by atoms with Gasteiger partial charge in [-0.15, -0.1) is 11.3 Å². The van der Waals surface area contributed by atoms with Crippen molar-refractivity contribution in [3.8, 4) is 33.4 Å². The summed E-state index contributed by atoms with van der Waals surface area (Å²) < 4.78 is 5.16. The third-order valence-electron chi connectivity index (χ3n) is 13.5. The summed E-state index contributed by atoms with van der Waals surface area (Å²) in [6, 6.07) is 70.6. The summed E-state index contributed by atoms with van der Waals surface area (Å²) in [6.45, 7) is 23.1. The molecule has 0 amide bonds. The molecule has 3 heterocycles. The molecule has 0 fully saturated rings. The molecule has 0 atom stereocenters. The Bertz CT molecular complexity index is 3700. The van der Waals surface area contributed by atoms with E-state index < -0.39 is 0 Å². The number of aromatic nitrogens is 1. The van der Waals surface area contributed by atoms with Gasteiger partial charge in [-0.25, -0.2) is 0 Å². The van der Waals surface area contributed by atoms with Gasteiger partial charge in [-0.05, 0) is 115 Å². The number of hydrogen-bond acceptors (Lipinski definition) is 1. The van der Waals surface area contributed by atoms with E-state index in [2.05, 4.69) is 233 Å². The van der Waals surface area contributed by atoms with E-state index in [1.165, 1.54) is 119 Å². The Kier molecular flexibility index (Phi) is 15.2. The van der Waals surface area contributed by atoms with Crippen molar-refractivity contribution in [1.29, 1.82) is 0 Å². The lowest BCUT2D eigenvalue weighted by Crippen LogP contribution is -2.14. The number of rotatable bonds is 2. The minimum atomic E-state index is 0.0950. The fourth-order valence-electron chi connectivity index (χ4n) is 9.94. The van der Waals surface area contributed by atoms with Crippen LogP contribution in [0.1, 0.15) is 83.2 Å². The lowest BCUT2D eigenvalue weighted by Gasteiger charge is -2.21. The van der Waals surface area contributed by atoms with Gasteiger partial charge in [0.25, 0.3) is 0 Å². The van der Waals surface area contributed by atoms with Gasteiger partial charge in [0.05, 0.1) is 16.6 Å². The van der Waals surface area contributed by atoms with E-state index >= 15 is 0 Å². The second-order valence-corrected chi connectivity index (χ2v) is 19.2. The molecule has 9 aromatic carbocycles. The molecule has 1 nitrogen and oxygen atoms in total. The van der Waals surface area contributed by atoms with Crippen molar-refractivity contribution < 1.29 is 0 Å². The number of fused-ring (bicyclic) bond motifs is 12. The molecular weight excluding hydrogens is 863 g/mol. The fourth-order valence-corrected chi connectivity index (χ4v) is 11.0. The van der Waals surface area contributed by atoms with E-state index in [4.69, 9.17) is 0 Å². The molecule has 0 N–H and O–H groups in total. The van der Waals surface area contributed by atoms with Crippen molar-refractivity contribution in [2.45, 2.75) is 81.6 Å². The Morgan fingerprint density at radius 3 is 1.51 bits per heavy atom. The molecule has 2 heteroatoms. The zero-order chi connectivity index (χ0) is 49.5. The van der Waals surface area contributed by atoms with Crippen molar-refractivity contribution in [1.82, 2.24) is 4.40 Å². The first-order chi connectivity index (χ1) is 34.2. The zero-order valence-corrected chi connectivity index (χ0v) is 43.8. The fraction of sp³-hybridized carbons (Fsp3) is 0.176. The predicted octanol–water partition coefficient (Wildman–Crippen LogP) is 20.8. The summed E-state index contributed by atoms with van der Waals surface area (Å²) in [6.07, 6.45) is 4.00. The van der Waals surface area contributed by atoms with Crippen LogP contribution in [0.2, 0.25) is 0 Å². The molecule has 0 unspecified atom stereocenters. The van der Waals surface area contributed by atoms with Gasteiger partial charge in [-0.2, -0.15) is 0 Å². The molecule has 3 aromatic heterocycles. The maximum Gasteiger partial charge on any atom is 0.0620 e. The lowest BCUT2D eigenvalue weighted by atomic mass is 9.82. The summed E-state index contributed by atoms with van der Waals surface area (Å²) in [5.74, 6) is 0. The first-order valence-corrected chi connectivity index (χ1v) is 26.0. The molecule has 350 valence electrons. The number of nitrogens with zero attached hydrogens (tertiary/aromatic N) is 1. The second-order valence-electron chi connectivity index (χ2n) is 18.2. The van der Waals surface area contributed by atoms with Crippen LogP contribution in [0, 0.1) is 20.8 Å². The molecule has 0 saturated carbocycles. The molecule has 0 saturated heterocycles. The molecular formula is C68H67NS. The van der Waals surface area contributed by atoms with Crippen LogP contribution in [0.5, 0.6) is 0 Å². The Morgan fingerprint density at radius 2 is 0.857 bits per heavy atom. The number of hydrogen-bond donors (Lipinski definition) is 0. The molecule has 12 aromatic rings. The highest BCUT2D eigenvalue weighted by Crippen LogP contribution is 2.49. The number of aryl methyl sites for hydroxylation is 3. The van der Waals surface area contributed by atoms with Crippen LogP contribution >= 0.6 is 11.3 Å². The number of benzene rings is 9. The summed E-state index contributed by atoms with van der Waals surface area (Å²) in [7, 11) is 0. The van der Waals surface area contributed by atoms with Crippen molar-refractivity contribution in [2.24, 2.45) is 0 Å². The lowest BCUT2D eigenvalue weighted by molar-refractivity contribution is 0.660. The maximum absolute atomic E-state index is 2.44. The number of thiophene rings is 1. The monoisotopic (exact) mass is 929 g/mol. The normalized spacial score (nSPS) is 12.0. The Balaban J connectivity index is 0.000000131. The first kappa shape index (κ1) is 49.2. The van der Waals surface area contributed by atoms with Crippen LogP contribution in [0.4, 0.5) is 0 Å². The van der Waals surface area contributed by atoms with E-state index in [1.807, 2.05) is 65.0 Å². The van der Waals surface area contributed by atoms with Gasteiger partial charge in [0.15, 0.2) is 0 Å². The van der Waals surface area contributed by atoms with Gasteiger partial charge in [-0.1, -0.05) is 229 Å². The molecule has 13 rings (SSSR count). The van der Waals surface area contributed by atoms with Crippen molar-refractivity contribution >= 4 is 69.6 Å². The second kappa shape index (κ2) is 21.6. The first-order valence-electron chi connectivity index (χ1n) is 25.2. The quantitative estimate of drug-likeness (QED) is 0.152. The summed E-state index contributed by atoms with van der Waals surface area (Å²) in [4.78, 5) is 0. The van der Waals surface area contributed by atoms with Gasteiger partial charge in [0, 0.05) is 47.1 Å². The van der Waals surface area contributed by atoms with Gasteiger partial charge in [0.1, 0.15) is 0 Å². The van der Waals surface area contributed by atoms with E-state index in [9.17, 15) is 0 Å². The standard InChI is InChI=1S/C22H20.C19H13N.C19H14S.C4H8.2C2H6/c1-15-8-10-16(11-9-15)17-12-13-21-19(14-17)18-6-4-5-7-20(18)22(21,2)3;1-12-6-4-8-15-16-10-5-9-14-13-7-2-3-11-17(13)20(18(12)15)19(14)16;1-13-6-8-14(9-7-13)15-10-11-19-17(12-15)16-4-2-3-5-18(16)20-19;1-3-4-2;2*1-2/h4-14H,1-3H3;2-11H,1H3;2-12H,1H3;3-4H,1-2H3;2*1-2H3/b;;;4-3-;;. The third-order valence-corrected chi connectivity index (χ3v) is 14.7. The van der Waals surface area contributed by atoms with Gasteiger partial charge >= 0.3 is 0 Å². The van der Waals surface area contributed by atoms with E-state index in [1.54, 1.807) is 0 Å². The van der Waals surface area contributed by atoms with Crippen molar-refractivity contribution in [3.05, 3.63) is 234 Å². The van der Waals surface area contributed by atoms with E-state index in [0.717, 1.165) is 0 Å². The highest BCUT2D eigenvalue weighted by atomic mass is 32.1. The Hall–Kier alpha value is -7.26. The van der Waals surface area contributed by atoms with Crippen molar-refractivity contribution in [2.75, 3.05) is 0 Å². The van der Waals surface area contributed by atoms with Crippen LogP contribution in [0.15, 0.2) is 206 Å². The molecule has 1 aliphatic carbocycles. The highest BCUT2D eigenvalue weighted by Gasteiger charge is 2.35.